The van der Waals surface area contributed by atoms with Crippen LogP contribution in [0.1, 0.15) is 5.56 Å². The van der Waals surface area contributed by atoms with E-state index in [2.05, 4.69) is 0 Å². The average molecular weight is 362 g/mol. The number of carbonyl (C=O) groups is 1. The molecule has 0 aromatic heterocycles. The molecule has 0 saturated carbocycles. The minimum absolute atomic E-state index is 0.125. The number of amides is 1. The minimum atomic E-state index is -0.125. The standard InChI is InChI=1S/C17H12ClNO2S2/c1-21-14-8-6-13(7-9-14)19-16(20)15(23-17(19)22)10-11-2-4-12(18)5-3-11/h2-10H,1H3/b15-10-. The van der Waals surface area contributed by atoms with Gasteiger partial charge in [-0.3, -0.25) is 9.69 Å². The number of benzene rings is 2. The van der Waals surface area contributed by atoms with E-state index in [0.29, 0.717) is 14.2 Å². The zero-order valence-electron chi connectivity index (χ0n) is 12.2. The van der Waals surface area contributed by atoms with Crippen LogP contribution in [0.2, 0.25) is 5.02 Å². The first kappa shape index (κ1) is 16.1. The molecule has 0 bridgehead atoms. The minimum Gasteiger partial charge on any atom is -0.497 e. The lowest BCUT2D eigenvalue weighted by atomic mass is 10.2. The lowest BCUT2D eigenvalue weighted by Gasteiger charge is -2.14. The van der Waals surface area contributed by atoms with Crippen molar-refractivity contribution in [1.29, 1.82) is 0 Å². The van der Waals surface area contributed by atoms with E-state index in [1.807, 2.05) is 30.3 Å². The quantitative estimate of drug-likeness (QED) is 0.582. The van der Waals surface area contributed by atoms with Crippen LogP contribution in [0.4, 0.5) is 5.69 Å². The van der Waals surface area contributed by atoms with Crippen LogP contribution in [0.5, 0.6) is 5.75 Å². The second-order valence-corrected chi connectivity index (χ2v) is 6.88. The third-order valence-electron chi connectivity index (χ3n) is 3.29. The molecule has 2 aromatic carbocycles. The maximum atomic E-state index is 12.6. The molecule has 0 aliphatic carbocycles. The molecule has 3 rings (SSSR count). The van der Waals surface area contributed by atoms with Crippen molar-refractivity contribution in [1.82, 2.24) is 0 Å². The molecule has 23 heavy (non-hydrogen) atoms. The lowest BCUT2D eigenvalue weighted by molar-refractivity contribution is -0.113. The number of rotatable bonds is 3. The summed E-state index contributed by atoms with van der Waals surface area (Å²) in [6.45, 7) is 0. The van der Waals surface area contributed by atoms with Crippen LogP contribution in [0.25, 0.3) is 6.08 Å². The van der Waals surface area contributed by atoms with E-state index in [1.54, 1.807) is 31.4 Å². The number of thioether (sulfide) groups is 1. The molecule has 0 N–H and O–H groups in total. The molecule has 0 radical (unpaired) electrons. The highest BCUT2D eigenvalue weighted by molar-refractivity contribution is 8.27. The van der Waals surface area contributed by atoms with Gasteiger partial charge in [-0.05, 0) is 48.0 Å². The van der Waals surface area contributed by atoms with Crippen molar-refractivity contribution in [2.45, 2.75) is 0 Å². The molecule has 0 unspecified atom stereocenters. The maximum absolute atomic E-state index is 12.6. The van der Waals surface area contributed by atoms with Crippen molar-refractivity contribution < 1.29 is 9.53 Å². The Labute approximate surface area is 148 Å². The third-order valence-corrected chi connectivity index (χ3v) is 4.85. The van der Waals surface area contributed by atoms with E-state index in [0.717, 1.165) is 17.0 Å². The van der Waals surface area contributed by atoms with Crippen LogP contribution >= 0.6 is 35.6 Å². The maximum Gasteiger partial charge on any atom is 0.270 e. The monoisotopic (exact) mass is 361 g/mol. The van der Waals surface area contributed by atoms with Crippen molar-refractivity contribution in [3.05, 3.63) is 64.0 Å². The number of thiocarbonyl (C=S) groups is 1. The SMILES string of the molecule is COc1ccc(N2C(=O)/C(=C/c3ccc(Cl)cc3)SC2=S)cc1. The molecule has 1 aliphatic heterocycles. The molecule has 1 aliphatic rings. The fourth-order valence-electron chi connectivity index (χ4n) is 2.13. The number of hydrogen-bond acceptors (Lipinski definition) is 4. The summed E-state index contributed by atoms with van der Waals surface area (Å²) in [7, 11) is 1.60. The van der Waals surface area contributed by atoms with E-state index in [-0.39, 0.29) is 5.91 Å². The van der Waals surface area contributed by atoms with Crippen LogP contribution in [0.3, 0.4) is 0 Å². The van der Waals surface area contributed by atoms with Gasteiger partial charge in [-0.2, -0.15) is 0 Å². The predicted octanol–water partition coefficient (Wildman–Crippen LogP) is 4.75. The molecule has 1 amide bonds. The number of anilines is 1. The highest BCUT2D eigenvalue weighted by Gasteiger charge is 2.33. The summed E-state index contributed by atoms with van der Waals surface area (Å²) in [6.07, 6.45) is 1.82. The van der Waals surface area contributed by atoms with Gasteiger partial charge in [0.1, 0.15) is 5.75 Å². The molecule has 1 heterocycles. The number of nitrogens with zero attached hydrogens (tertiary/aromatic N) is 1. The van der Waals surface area contributed by atoms with Crippen molar-refractivity contribution in [2.75, 3.05) is 12.0 Å². The number of ether oxygens (including phenoxy) is 1. The average Bonchev–Trinajstić information content (AvgIpc) is 2.84. The first-order valence-corrected chi connectivity index (χ1v) is 8.36. The van der Waals surface area contributed by atoms with Crippen molar-refractivity contribution in [3.63, 3.8) is 0 Å². The number of carbonyl (C=O) groups excluding carboxylic acids is 1. The molecule has 2 aromatic rings. The molecule has 1 fully saturated rings. The predicted molar refractivity (Wildman–Crippen MR) is 100 cm³/mol. The van der Waals surface area contributed by atoms with E-state index in [1.165, 1.54) is 16.7 Å². The molecule has 1 saturated heterocycles. The Hall–Kier alpha value is -1.82. The van der Waals surface area contributed by atoms with Gasteiger partial charge < -0.3 is 4.74 Å². The summed E-state index contributed by atoms with van der Waals surface area (Å²) in [5.74, 6) is 0.607. The normalized spacial score (nSPS) is 16.3. The van der Waals surface area contributed by atoms with E-state index in [4.69, 9.17) is 28.6 Å². The summed E-state index contributed by atoms with van der Waals surface area (Å²) in [5, 5.41) is 0.660. The van der Waals surface area contributed by atoms with Crippen molar-refractivity contribution in [3.8, 4) is 5.75 Å². The van der Waals surface area contributed by atoms with Gasteiger partial charge >= 0.3 is 0 Å². The first-order chi connectivity index (χ1) is 11.1. The Morgan fingerprint density at radius 2 is 1.78 bits per heavy atom. The summed E-state index contributed by atoms with van der Waals surface area (Å²) >= 11 is 12.5. The second kappa shape index (κ2) is 6.74. The molecule has 3 nitrogen and oxygen atoms in total. The molecule has 0 spiro atoms. The smallest absolute Gasteiger partial charge is 0.270 e. The lowest BCUT2D eigenvalue weighted by Crippen LogP contribution is -2.27. The van der Waals surface area contributed by atoms with Gasteiger partial charge in [0.2, 0.25) is 0 Å². The van der Waals surface area contributed by atoms with Gasteiger partial charge in [0, 0.05) is 5.02 Å². The summed E-state index contributed by atoms with van der Waals surface area (Å²) in [5.41, 5.74) is 1.64. The van der Waals surface area contributed by atoms with Crippen LogP contribution < -0.4 is 9.64 Å². The van der Waals surface area contributed by atoms with Crippen LogP contribution in [-0.2, 0) is 4.79 Å². The van der Waals surface area contributed by atoms with Gasteiger partial charge in [-0.15, -0.1) is 0 Å². The van der Waals surface area contributed by atoms with E-state index < -0.39 is 0 Å². The first-order valence-electron chi connectivity index (χ1n) is 6.76. The van der Waals surface area contributed by atoms with Gasteiger partial charge in [-0.25, -0.2) is 0 Å². The van der Waals surface area contributed by atoms with Crippen LogP contribution in [0.15, 0.2) is 53.4 Å². The number of methoxy groups -OCH3 is 1. The topological polar surface area (TPSA) is 29.5 Å². The molecular weight excluding hydrogens is 350 g/mol. The van der Waals surface area contributed by atoms with E-state index in [9.17, 15) is 4.79 Å². The molecular formula is C17H12ClNO2S2. The Bertz CT molecular complexity index is 785. The molecule has 6 heteroatoms. The summed E-state index contributed by atoms with van der Waals surface area (Å²) in [4.78, 5) is 14.8. The molecule has 116 valence electrons. The second-order valence-electron chi connectivity index (χ2n) is 4.77. The van der Waals surface area contributed by atoms with Gasteiger partial charge in [-0.1, -0.05) is 47.7 Å². The van der Waals surface area contributed by atoms with Gasteiger partial charge in [0.15, 0.2) is 4.32 Å². The summed E-state index contributed by atoms with van der Waals surface area (Å²) < 4.78 is 5.65. The van der Waals surface area contributed by atoms with Gasteiger partial charge in [0.25, 0.3) is 5.91 Å². The Morgan fingerprint density at radius 3 is 2.39 bits per heavy atom. The van der Waals surface area contributed by atoms with Crippen LogP contribution in [-0.4, -0.2) is 17.3 Å². The van der Waals surface area contributed by atoms with Crippen LogP contribution in [0, 0.1) is 0 Å². The number of hydrogen-bond donors (Lipinski definition) is 0. The van der Waals surface area contributed by atoms with Gasteiger partial charge in [0.05, 0.1) is 17.7 Å². The Balaban J connectivity index is 1.88. The highest BCUT2D eigenvalue weighted by Crippen LogP contribution is 2.36. The third kappa shape index (κ3) is 3.42. The number of halogens is 1. The highest BCUT2D eigenvalue weighted by atomic mass is 35.5. The zero-order valence-corrected chi connectivity index (χ0v) is 14.5. The Morgan fingerprint density at radius 1 is 1.13 bits per heavy atom. The molecule has 0 atom stereocenters. The Kier molecular flexibility index (Phi) is 4.71. The van der Waals surface area contributed by atoms with E-state index >= 15 is 0 Å². The zero-order chi connectivity index (χ0) is 16.4. The largest absolute Gasteiger partial charge is 0.497 e. The fraction of sp³-hybridized carbons (Fsp3) is 0.0588. The summed E-state index contributed by atoms with van der Waals surface area (Å²) in [6, 6.07) is 14.5. The van der Waals surface area contributed by atoms with Crippen molar-refractivity contribution >= 4 is 57.6 Å². The fourth-order valence-corrected chi connectivity index (χ4v) is 3.56. The van der Waals surface area contributed by atoms with Crippen molar-refractivity contribution in [2.24, 2.45) is 0 Å².